The third-order valence-electron chi connectivity index (χ3n) is 6.58. The molecular formula is C25H26ClN5O3. The fourth-order valence-electron chi connectivity index (χ4n) is 5.04. The molecule has 176 valence electrons. The predicted octanol–water partition coefficient (Wildman–Crippen LogP) is 4.30. The molecule has 0 bridgehead atoms. The lowest BCUT2D eigenvalue weighted by atomic mass is 10.1. The van der Waals surface area contributed by atoms with E-state index in [0.717, 1.165) is 29.7 Å². The summed E-state index contributed by atoms with van der Waals surface area (Å²) in [5.41, 5.74) is 2.15. The van der Waals surface area contributed by atoms with Gasteiger partial charge in [0.2, 0.25) is 0 Å². The van der Waals surface area contributed by atoms with Crippen molar-refractivity contribution in [2.75, 3.05) is 5.32 Å². The molecule has 1 saturated carbocycles. The number of nitrogens with zero attached hydrogens (tertiary/aromatic N) is 4. The first-order valence-electron chi connectivity index (χ1n) is 11.7. The molecule has 34 heavy (non-hydrogen) atoms. The van der Waals surface area contributed by atoms with Crippen LogP contribution in [0.5, 0.6) is 0 Å². The first kappa shape index (κ1) is 21.8. The number of imidazole rings is 1. The van der Waals surface area contributed by atoms with E-state index < -0.39 is 18.1 Å². The van der Waals surface area contributed by atoms with Gasteiger partial charge in [0.15, 0.2) is 29.0 Å². The van der Waals surface area contributed by atoms with Crippen LogP contribution in [0.25, 0.3) is 11.2 Å². The Balaban J connectivity index is 1.33. The first-order valence-corrected chi connectivity index (χ1v) is 12.1. The van der Waals surface area contributed by atoms with Gasteiger partial charge in [-0.3, -0.25) is 4.57 Å². The molecule has 2 aromatic heterocycles. The van der Waals surface area contributed by atoms with Crippen molar-refractivity contribution in [2.45, 2.75) is 75.9 Å². The summed E-state index contributed by atoms with van der Waals surface area (Å²) in [6, 6.07) is 7.91. The van der Waals surface area contributed by atoms with Crippen molar-refractivity contribution in [1.29, 1.82) is 0 Å². The standard InChI is InChI=1S/C25H26ClN5O3/c1-25(2)33-20-18(12-11-15-7-3-6-10-17(15)26)32-24(21(20)34-25)31-14-29-19-22(27-13-28-23(19)31)30-16-8-4-5-9-16/h3,6-7,10,13-14,16,18,20-21,24H,4-5,8-9H2,1-2H3,(H,27,28,30)/t18-,20-,21-,24-/m1/s1. The van der Waals surface area contributed by atoms with Crippen LogP contribution in [-0.2, 0) is 14.2 Å². The van der Waals surface area contributed by atoms with Gasteiger partial charge >= 0.3 is 0 Å². The lowest BCUT2D eigenvalue weighted by Gasteiger charge is -2.23. The highest BCUT2D eigenvalue weighted by Gasteiger charge is 2.56. The van der Waals surface area contributed by atoms with E-state index in [2.05, 4.69) is 32.1 Å². The van der Waals surface area contributed by atoms with Crippen LogP contribution >= 0.6 is 11.6 Å². The summed E-state index contributed by atoms with van der Waals surface area (Å²) < 4.78 is 20.7. The minimum Gasteiger partial charge on any atom is -0.365 e. The van der Waals surface area contributed by atoms with Crippen LogP contribution in [-0.4, -0.2) is 49.7 Å². The van der Waals surface area contributed by atoms with E-state index in [1.165, 1.54) is 12.8 Å². The second-order valence-corrected chi connectivity index (χ2v) is 9.84. The zero-order valence-electron chi connectivity index (χ0n) is 19.1. The Labute approximate surface area is 203 Å². The maximum Gasteiger partial charge on any atom is 0.167 e. The topological polar surface area (TPSA) is 83.3 Å². The normalized spacial score (nSPS) is 28.1. The number of benzene rings is 1. The molecule has 1 aliphatic carbocycles. The smallest absolute Gasteiger partial charge is 0.167 e. The highest BCUT2D eigenvalue weighted by atomic mass is 35.5. The van der Waals surface area contributed by atoms with E-state index in [1.807, 2.05) is 42.7 Å². The van der Waals surface area contributed by atoms with Crippen LogP contribution in [0.4, 0.5) is 5.82 Å². The van der Waals surface area contributed by atoms with Crippen LogP contribution < -0.4 is 5.32 Å². The zero-order chi connectivity index (χ0) is 23.3. The molecule has 3 aromatic rings. The summed E-state index contributed by atoms with van der Waals surface area (Å²) in [4.78, 5) is 13.6. The van der Waals surface area contributed by atoms with E-state index in [9.17, 15) is 0 Å². The van der Waals surface area contributed by atoms with Crippen molar-refractivity contribution in [3.8, 4) is 11.8 Å². The van der Waals surface area contributed by atoms with E-state index in [1.54, 1.807) is 12.7 Å². The van der Waals surface area contributed by atoms with Crippen LogP contribution in [0.1, 0.15) is 51.3 Å². The van der Waals surface area contributed by atoms with Gasteiger partial charge in [-0.2, -0.15) is 0 Å². The van der Waals surface area contributed by atoms with Crippen molar-refractivity contribution in [1.82, 2.24) is 19.5 Å². The Morgan fingerprint density at radius 1 is 1.09 bits per heavy atom. The number of aromatic nitrogens is 4. The van der Waals surface area contributed by atoms with Crippen molar-refractivity contribution in [3.63, 3.8) is 0 Å². The highest BCUT2D eigenvalue weighted by Crippen LogP contribution is 2.43. The molecule has 0 spiro atoms. The molecule has 1 N–H and O–H groups in total. The predicted molar refractivity (Wildman–Crippen MR) is 127 cm³/mol. The zero-order valence-corrected chi connectivity index (χ0v) is 19.8. The number of ether oxygens (including phenoxy) is 3. The van der Waals surface area contributed by atoms with Gasteiger partial charge in [-0.25, -0.2) is 15.0 Å². The van der Waals surface area contributed by atoms with Gasteiger partial charge in [-0.1, -0.05) is 48.4 Å². The summed E-state index contributed by atoms with van der Waals surface area (Å²) in [7, 11) is 0. The second kappa shape index (κ2) is 8.51. The molecule has 4 atom stereocenters. The summed E-state index contributed by atoms with van der Waals surface area (Å²) in [6.07, 6.45) is 6.37. The fourth-order valence-corrected chi connectivity index (χ4v) is 5.22. The molecule has 3 fully saturated rings. The van der Waals surface area contributed by atoms with E-state index in [4.69, 9.17) is 25.8 Å². The maximum atomic E-state index is 6.38. The minimum absolute atomic E-state index is 0.356. The van der Waals surface area contributed by atoms with Gasteiger partial charge in [0.05, 0.1) is 11.3 Å². The highest BCUT2D eigenvalue weighted by molar-refractivity contribution is 6.31. The van der Waals surface area contributed by atoms with Gasteiger partial charge in [0, 0.05) is 11.6 Å². The molecule has 3 aliphatic rings. The van der Waals surface area contributed by atoms with Gasteiger partial charge in [0.1, 0.15) is 24.6 Å². The van der Waals surface area contributed by atoms with Crippen molar-refractivity contribution < 1.29 is 14.2 Å². The summed E-state index contributed by atoms with van der Waals surface area (Å²) in [5, 5.41) is 4.14. The van der Waals surface area contributed by atoms with E-state index in [0.29, 0.717) is 16.7 Å². The van der Waals surface area contributed by atoms with Gasteiger partial charge in [-0.05, 0) is 38.8 Å². The van der Waals surface area contributed by atoms with Crippen LogP contribution in [0.2, 0.25) is 5.02 Å². The molecule has 2 saturated heterocycles. The van der Waals surface area contributed by atoms with Crippen LogP contribution in [0, 0.1) is 11.8 Å². The number of hydrogen-bond acceptors (Lipinski definition) is 7. The SMILES string of the molecule is CC1(C)O[C@@H]2[C@H](O1)[C@@H](C#Cc1ccccc1Cl)O[C@H]2n1cnc2c(NC3CCCC3)ncnc21. The van der Waals surface area contributed by atoms with Crippen molar-refractivity contribution in [3.05, 3.63) is 47.5 Å². The Hall–Kier alpha value is -2.70. The van der Waals surface area contributed by atoms with E-state index >= 15 is 0 Å². The average molecular weight is 480 g/mol. The van der Waals surface area contributed by atoms with Gasteiger partial charge in [-0.15, -0.1) is 0 Å². The number of anilines is 1. The number of hydrogen-bond donors (Lipinski definition) is 1. The largest absolute Gasteiger partial charge is 0.365 e. The summed E-state index contributed by atoms with van der Waals surface area (Å²) in [5.74, 6) is 6.36. The van der Waals surface area contributed by atoms with Gasteiger partial charge in [0.25, 0.3) is 0 Å². The quantitative estimate of drug-likeness (QED) is 0.560. The minimum atomic E-state index is -0.748. The van der Waals surface area contributed by atoms with Crippen LogP contribution in [0.3, 0.4) is 0 Å². The molecule has 6 rings (SSSR count). The summed E-state index contributed by atoms with van der Waals surface area (Å²) in [6.45, 7) is 3.80. The monoisotopic (exact) mass is 479 g/mol. The maximum absolute atomic E-state index is 6.38. The molecule has 4 heterocycles. The first-order chi connectivity index (χ1) is 16.5. The Bertz CT molecular complexity index is 1280. The molecule has 9 heteroatoms. The molecule has 0 amide bonds. The lowest BCUT2D eigenvalue weighted by Crippen LogP contribution is -2.28. The molecule has 2 aliphatic heterocycles. The molecule has 8 nitrogen and oxygen atoms in total. The van der Waals surface area contributed by atoms with Crippen molar-refractivity contribution in [2.24, 2.45) is 0 Å². The molecular weight excluding hydrogens is 454 g/mol. The fraction of sp³-hybridized carbons (Fsp3) is 0.480. The number of nitrogens with one attached hydrogen (secondary N) is 1. The Kier molecular flexibility index (Phi) is 5.46. The lowest BCUT2D eigenvalue weighted by molar-refractivity contribution is -0.190. The number of fused-ring (bicyclic) bond motifs is 2. The molecule has 0 unspecified atom stereocenters. The van der Waals surface area contributed by atoms with E-state index in [-0.39, 0.29) is 12.2 Å². The average Bonchev–Trinajstić information content (AvgIpc) is 3.58. The third kappa shape index (κ3) is 3.93. The summed E-state index contributed by atoms with van der Waals surface area (Å²) >= 11 is 6.29. The third-order valence-corrected chi connectivity index (χ3v) is 6.91. The van der Waals surface area contributed by atoms with Gasteiger partial charge < -0.3 is 19.5 Å². The van der Waals surface area contributed by atoms with Crippen molar-refractivity contribution >= 4 is 28.6 Å². The Morgan fingerprint density at radius 2 is 1.88 bits per heavy atom. The molecule has 1 aromatic carbocycles. The number of halogens is 1. The number of rotatable bonds is 3. The molecule has 0 radical (unpaired) electrons. The second-order valence-electron chi connectivity index (χ2n) is 9.43. The van der Waals surface area contributed by atoms with Crippen LogP contribution in [0.15, 0.2) is 36.9 Å². The Morgan fingerprint density at radius 3 is 2.71 bits per heavy atom.